The molecule has 1 amide bonds. The Hall–Kier alpha value is -0.900. The number of Topliss-reactive ketones (excluding diaryl/α,β-unsaturated/α-hetero) is 1. The van der Waals surface area contributed by atoms with E-state index in [1.54, 1.807) is 0 Å². The van der Waals surface area contributed by atoms with Gasteiger partial charge in [-0.3, -0.25) is 14.5 Å². The summed E-state index contributed by atoms with van der Waals surface area (Å²) in [7, 11) is 0. The molecule has 1 heterocycles. The lowest BCUT2D eigenvalue weighted by molar-refractivity contribution is -0.136. The molecule has 0 aromatic carbocycles. The van der Waals surface area contributed by atoms with E-state index in [1.807, 2.05) is 25.7 Å². The van der Waals surface area contributed by atoms with Gasteiger partial charge in [-0.05, 0) is 18.4 Å². The predicted molar refractivity (Wildman–Crippen MR) is 90.8 cm³/mol. The maximum absolute atomic E-state index is 12.2. The topological polar surface area (TPSA) is 40.6 Å². The summed E-state index contributed by atoms with van der Waals surface area (Å²) in [5.41, 5.74) is 0.0200. The van der Waals surface area contributed by atoms with Crippen LogP contribution in [0.5, 0.6) is 0 Å². The van der Waals surface area contributed by atoms with E-state index >= 15 is 0 Å². The lowest BCUT2D eigenvalue weighted by atomic mass is 9.88. The molecule has 0 saturated carbocycles. The molecule has 0 aromatic heterocycles. The third-order valence-electron chi connectivity index (χ3n) is 4.31. The zero-order chi connectivity index (χ0) is 17.0. The predicted octanol–water partition coefficient (Wildman–Crippen LogP) is 2.96. The van der Waals surface area contributed by atoms with Crippen LogP contribution < -0.4 is 0 Å². The van der Waals surface area contributed by atoms with Gasteiger partial charge in [0.1, 0.15) is 5.78 Å². The largest absolute Gasteiger partial charge is 0.340 e. The van der Waals surface area contributed by atoms with Gasteiger partial charge in [-0.15, -0.1) is 0 Å². The van der Waals surface area contributed by atoms with Gasteiger partial charge in [-0.25, -0.2) is 0 Å². The highest BCUT2D eigenvalue weighted by Crippen LogP contribution is 2.20. The SMILES string of the molecule is CC(C)(C)CCN1CCN(C(=O)CCC(=O)C(C)(C)C)CC1. The van der Waals surface area contributed by atoms with E-state index in [-0.39, 0.29) is 17.1 Å². The van der Waals surface area contributed by atoms with Gasteiger partial charge in [-0.1, -0.05) is 41.5 Å². The molecule has 1 rings (SSSR count). The minimum absolute atomic E-state index is 0.132. The Morgan fingerprint density at radius 3 is 1.86 bits per heavy atom. The van der Waals surface area contributed by atoms with Crippen molar-refractivity contribution in [2.75, 3.05) is 32.7 Å². The Labute approximate surface area is 136 Å². The fourth-order valence-electron chi connectivity index (χ4n) is 2.47. The van der Waals surface area contributed by atoms with Crippen molar-refractivity contribution in [3.8, 4) is 0 Å². The summed E-state index contributed by atoms with van der Waals surface area (Å²) in [6.07, 6.45) is 1.91. The number of hydrogen-bond donors (Lipinski definition) is 0. The number of rotatable bonds is 5. The van der Waals surface area contributed by atoms with Crippen molar-refractivity contribution in [2.24, 2.45) is 10.8 Å². The van der Waals surface area contributed by atoms with Crippen molar-refractivity contribution in [3.05, 3.63) is 0 Å². The number of amides is 1. The van der Waals surface area contributed by atoms with Crippen molar-refractivity contribution in [1.82, 2.24) is 9.80 Å². The van der Waals surface area contributed by atoms with Gasteiger partial charge in [0.15, 0.2) is 0 Å². The summed E-state index contributed by atoms with van der Waals surface area (Å²) in [6, 6.07) is 0. The molecule has 0 unspecified atom stereocenters. The Kier molecular flexibility index (Phi) is 6.60. The average molecular weight is 310 g/mol. The van der Waals surface area contributed by atoms with Crippen LogP contribution in [0.4, 0.5) is 0 Å². The molecule has 1 saturated heterocycles. The van der Waals surface area contributed by atoms with E-state index in [0.717, 1.165) is 32.7 Å². The number of piperazine rings is 1. The fraction of sp³-hybridized carbons (Fsp3) is 0.889. The second-order valence-electron chi connectivity index (χ2n) is 8.71. The van der Waals surface area contributed by atoms with Gasteiger partial charge < -0.3 is 4.90 Å². The highest BCUT2D eigenvalue weighted by Gasteiger charge is 2.25. The second kappa shape index (κ2) is 7.58. The van der Waals surface area contributed by atoms with Crippen molar-refractivity contribution in [2.45, 2.75) is 60.8 Å². The van der Waals surface area contributed by atoms with Gasteiger partial charge in [-0.2, -0.15) is 0 Å². The smallest absolute Gasteiger partial charge is 0.223 e. The molecule has 4 nitrogen and oxygen atoms in total. The van der Waals surface area contributed by atoms with Gasteiger partial charge in [0, 0.05) is 44.4 Å². The monoisotopic (exact) mass is 310 g/mol. The molecule has 22 heavy (non-hydrogen) atoms. The van der Waals surface area contributed by atoms with E-state index in [9.17, 15) is 9.59 Å². The van der Waals surface area contributed by atoms with E-state index in [1.165, 1.54) is 6.42 Å². The molecule has 4 heteroatoms. The zero-order valence-corrected chi connectivity index (χ0v) is 15.4. The number of carbonyl (C=O) groups excluding carboxylic acids is 2. The first-order valence-corrected chi connectivity index (χ1v) is 8.52. The van der Waals surface area contributed by atoms with Crippen molar-refractivity contribution in [1.29, 1.82) is 0 Å². The minimum atomic E-state index is -0.341. The van der Waals surface area contributed by atoms with Crippen LogP contribution in [0.3, 0.4) is 0 Å². The van der Waals surface area contributed by atoms with Gasteiger partial charge >= 0.3 is 0 Å². The Morgan fingerprint density at radius 1 is 0.864 bits per heavy atom. The van der Waals surface area contributed by atoms with Crippen molar-refractivity contribution >= 4 is 11.7 Å². The van der Waals surface area contributed by atoms with E-state index in [2.05, 4.69) is 25.7 Å². The molecule has 0 spiro atoms. The highest BCUT2D eigenvalue weighted by atomic mass is 16.2. The highest BCUT2D eigenvalue weighted by molar-refractivity contribution is 5.88. The molecule has 0 aliphatic carbocycles. The number of ketones is 1. The molecular formula is C18H34N2O2. The van der Waals surface area contributed by atoms with Gasteiger partial charge in [0.25, 0.3) is 0 Å². The van der Waals surface area contributed by atoms with Gasteiger partial charge in [0.05, 0.1) is 0 Å². The molecule has 1 aliphatic heterocycles. The first kappa shape index (κ1) is 19.1. The zero-order valence-electron chi connectivity index (χ0n) is 15.4. The van der Waals surface area contributed by atoms with Crippen LogP contribution in [0.25, 0.3) is 0 Å². The molecule has 0 bridgehead atoms. The van der Waals surface area contributed by atoms with Crippen LogP contribution >= 0.6 is 0 Å². The molecule has 128 valence electrons. The first-order chi connectivity index (χ1) is 9.99. The van der Waals surface area contributed by atoms with Crippen LogP contribution in [0.2, 0.25) is 0 Å². The van der Waals surface area contributed by atoms with Gasteiger partial charge in [0.2, 0.25) is 5.91 Å². The van der Waals surface area contributed by atoms with Crippen LogP contribution in [0.15, 0.2) is 0 Å². The van der Waals surface area contributed by atoms with Crippen molar-refractivity contribution in [3.63, 3.8) is 0 Å². The van der Waals surface area contributed by atoms with Crippen LogP contribution in [0, 0.1) is 10.8 Å². The quantitative estimate of drug-likeness (QED) is 0.784. The number of hydrogen-bond acceptors (Lipinski definition) is 3. The third-order valence-corrected chi connectivity index (χ3v) is 4.31. The normalized spacial score (nSPS) is 17.6. The standard InChI is InChI=1S/C18H34N2O2/c1-17(2,3)9-10-19-11-13-20(14-12-19)16(22)8-7-15(21)18(4,5)6/h7-14H2,1-6H3. The van der Waals surface area contributed by atoms with E-state index in [0.29, 0.717) is 18.3 Å². The average Bonchev–Trinajstić information content (AvgIpc) is 2.40. The van der Waals surface area contributed by atoms with Crippen molar-refractivity contribution < 1.29 is 9.59 Å². The summed E-state index contributed by atoms with van der Waals surface area (Å²) in [4.78, 5) is 28.5. The summed E-state index contributed by atoms with van der Waals surface area (Å²) in [5, 5.41) is 0. The molecule has 1 fully saturated rings. The lowest BCUT2D eigenvalue weighted by Crippen LogP contribution is -2.49. The Bertz CT molecular complexity index is 383. The van der Waals surface area contributed by atoms with E-state index < -0.39 is 0 Å². The summed E-state index contributed by atoms with van der Waals surface area (Å²) in [5.74, 6) is 0.303. The molecule has 0 radical (unpaired) electrons. The Balaban J connectivity index is 2.29. The summed E-state index contributed by atoms with van der Waals surface area (Å²) >= 11 is 0. The Morgan fingerprint density at radius 2 is 1.41 bits per heavy atom. The summed E-state index contributed by atoms with van der Waals surface area (Å²) < 4.78 is 0. The molecule has 0 N–H and O–H groups in total. The maximum Gasteiger partial charge on any atom is 0.223 e. The number of nitrogens with zero attached hydrogens (tertiary/aromatic N) is 2. The third kappa shape index (κ3) is 6.91. The fourth-order valence-corrected chi connectivity index (χ4v) is 2.47. The lowest BCUT2D eigenvalue weighted by Gasteiger charge is -2.36. The maximum atomic E-state index is 12.2. The molecular weight excluding hydrogens is 276 g/mol. The number of carbonyl (C=O) groups is 2. The van der Waals surface area contributed by atoms with Crippen LogP contribution in [-0.4, -0.2) is 54.2 Å². The second-order valence-corrected chi connectivity index (χ2v) is 8.71. The first-order valence-electron chi connectivity index (χ1n) is 8.52. The minimum Gasteiger partial charge on any atom is -0.340 e. The molecule has 1 aliphatic rings. The van der Waals surface area contributed by atoms with Crippen LogP contribution in [-0.2, 0) is 9.59 Å². The van der Waals surface area contributed by atoms with Crippen LogP contribution in [0.1, 0.15) is 60.8 Å². The molecule has 0 atom stereocenters. The molecule has 0 aromatic rings. The van der Waals surface area contributed by atoms with E-state index in [4.69, 9.17) is 0 Å². The summed E-state index contributed by atoms with van der Waals surface area (Å²) in [6.45, 7) is 17.1.